The third kappa shape index (κ3) is 4.21. The van der Waals surface area contributed by atoms with Crippen molar-refractivity contribution in [1.82, 2.24) is 5.32 Å². The predicted molar refractivity (Wildman–Crippen MR) is 60.8 cm³/mol. The van der Waals surface area contributed by atoms with Crippen LogP contribution in [-0.4, -0.2) is 25.0 Å². The number of carbonyl (C=O) groups excluding carboxylic acids is 2. The summed E-state index contributed by atoms with van der Waals surface area (Å²) in [5.74, 6) is 0.338. The van der Waals surface area contributed by atoms with Gasteiger partial charge < -0.3 is 10.1 Å². The fraction of sp³-hybridized carbons (Fsp3) is 0.833. The van der Waals surface area contributed by atoms with Crippen LogP contribution in [0.5, 0.6) is 0 Å². The molecule has 1 N–H and O–H groups in total. The minimum atomic E-state index is -0.361. The number of hydrogen-bond acceptors (Lipinski definition) is 3. The number of ether oxygens (including phenoxy) is 1. The van der Waals surface area contributed by atoms with E-state index in [0.29, 0.717) is 12.5 Å². The Bertz CT molecular complexity index is 253. The van der Waals surface area contributed by atoms with Gasteiger partial charge in [0.15, 0.2) is 0 Å². The van der Waals surface area contributed by atoms with Gasteiger partial charge in [-0.2, -0.15) is 0 Å². The number of hydrogen-bond donors (Lipinski definition) is 1. The Kier molecular flexibility index (Phi) is 5.29. The number of rotatable bonds is 4. The van der Waals surface area contributed by atoms with Gasteiger partial charge >= 0.3 is 5.97 Å². The van der Waals surface area contributed by atoms with E-state index in [0.717, 1.165) is 19.3 Å². The van der Waals surface area contributed by atoms with Crippen LogP contribution < -0.4 is 5.32 Å². The van der Waals surface area contributed by atoms with Crippen LogP contribution in [0.1, 0.15) is 39.5 Å². The monoisotopic (exact) mass is 227 g/mol. The van der Waals surface area contributed by atoms with Crippen molar-refractivity contribution in [3.63, 3.8) is 0 Å². The summed E-state index contributed by atoms with van der Waals surface area (Å²) in [4.78, 5) is 22.8. The van der Waals surface area contributed by atoms with Gasteiger partial charge in [0.2, 0.25) is 5.91 Å². The van der Waals surface area contributed by atoms with Gasteiger partial charge in [-0.05, 0) is 25.7 Å². The van der Waals surface area contributed by atoms with E-state index < -0.39 is 0 Å². The summed E-state index contributed by atoms with van der Waals surface area (Å²) in [5.41, 5.74) is 0. The van der Waals surface area contributed by atoms with Gasteiger partial charge in [-0.15, -0.1) is 0 Å². The first-order chi connectivity index (χ1) is 7.63. The minimum absolute atomic E-state index is 0.000368. The van der Waals surface area contributed by atoms with Crippen LogP contribution in [0.3, 0.4) is 0 Å². The quantitative estimate of drug-likeness (QED) is 0.740. The molecule has 0 aromatic heterocycles. The van der Waals surface area contributed by atoms with E-state index in [1.165, 1.54) is 6.42 Å². The second-order valence-corrected chi connectivity index (χ2v) is 4.49. The van der Waals surface area contributed by atoms with E-state index in [1.54, 1.807) is 6.92 Å². The molecule has 0 aliphatic heterocycles. The molecule has 1 saturated carbocycles. The normalized spacial score (nSPS) is 24.9. The standard InChI is InChI=1S/C12H21NO3/c1-3-16-11(14)8-13-12(15)10-6-4-5-9(2)7-10/h9-10H,3-8H2,1-2H3,(H,13,15)/t9?,10-/m0/s1. The summed E-state index contributed by atoms with van der Waals surface area (Å²) in [6, 6.07) is 0. The molecule has 0 heterocycles. The topological polar surface area (TPSA) is 55.4 Å². The highest BCUT2D eigenvalue weighted by Gasteiger charge is 2.25. The molecule has 16 heavy (non-hydrogen) atoms. The average molecular weight is 227 g/mol. The van der Waals surface area contributed by atoms with Crippen molar-refractivity contribution in [1.29, 1.82) is 0 Å². The van der Waals surface area contributed by atoms with Gasteiger partial charge in [0.1, 0.15) is 6.54 Å². The van der Waals surface area contributed by atoms with Crippen molar-refractivity contribution in [2.75, 3.05) is 13.2 Å². The molecule has 1 rings (SSSR count). The van der Waals surface area contributed by atoms with Crippen LogP contribution in [0.15, 0.2) is 0 Å². The Labute approximate surface area is 96.7 Å². The zero-order valence-corrected chi connectivity index (χ0v) is 10.1. The maximum absolute atomic E-state index is 11.7. The summed E-state index contributed by atoms with van der Waals surface area (Å²) in [5, 5.41) is 2.64. The SMILES string of the molecule is CCOC(=O)CNC(=O)[C@H]1CCCC(C)C1. The van der Waals surface area contributed by atoms with Crippen molar-refractivity contribution in [2.24, 2.45) is 11.8 Å². The van der Waals surface area contributed by atoms with Gasteiger partial charge in [-0.25, -0.2) is 0 Å². The molecule has 4 nitrogen and oxygen atoms in total. The number of nitrogens with one attached hydrogen (secondary N) is 1. The lowest BCUT2D eigenvalue weighted by atomic mass is 9.82. The number of amides is 1. The van der Waals surface area contributed by atoms with Crippen LogP contribution in [-0.2, 0) is 14.3 Å². The second kappa shape index (κ2) is 6.51. The summed E-state index contributed by atoms with van der Waals surface area (Å²) in [7, 11) is 0. The molecular formula is C12H21NO3. The highest BCUT2D eigenvalue weighted by Crippen LogP contribution is 2.28. The molecule has 1 aliphatic carbocycles. The first kappa shape index (κ1) is 13.0. The molecule has 2 atom stereocenters. The van der Waals surface area contributed by atoms with Crippen molar-refractivity contribution in [3.05, 3.63) is 0 Å². The van der Waals surface area contributed by atoms with Gasteiger partial charge in [0.05, 0.1) is 6.61 Å². The van der Waals surface area contributed by atoms with E-state index in [1.807, 2.05) is 0 Å². The van der Waals surface area contributed by atoms with Crippen molar-refractivity contribution in [2.45, 2.75) is 39.5 Å². The number of esters is 1. The predicted octanol–water partition coefficient (Wildman–Crippen LogP) is 1.49. The third-order valence-corrected chi connectivity index (χ3v) is 3.02. The molecule has 0 aromatic rings. The maximum atomic E-state index is 11.7. The van der Waals surface area contributed by atoms with Crippen LogP contribution >= 0.6 is 0 Å². The molecular weight excluding hydrogens is 206 g/mol. The molecule has 92 valence electrons. The largest absolute Gasteiger partial charge is 0.465 e. The van der Waals surface area contributed by atoms with Crippen molar-refractivity contribution in [3.8, 4) is 0 Å². The van der Waals surface area contributed by atoms with Crippen LogP contribution in [0, 0.1) is 11.8 Å². The zero-order chi connectivity index (χ0) is 12.0. The highest BCUT2D eigenvalue weighted by atomic mass is 16.5. The Morgan fingerprint density at radius 3 is 2.75 bits per heavy atom. The van der Waals surface area contributed by atoms with Gasteiger partial charge in [0.25, 0.3) is 0 Å². The first-order valence-corrected chi connectivity index (χ1v) is 6.06. The highest BCUT2D eigenvalue weighted by molar-refractivity contribution is 5.83. The fourth-order valence-corrected chi connectivity index (χ4v) is 2.19. The van der Waals surface area contributed by atoms with Crippen LogP contribution in [0.25, 0.3) is 0 Å². The molecule has 4 heteroatoms. The fourth-order valence-electron chi connectivity index (χ4n) is 2.19. The molecule has 0 spiro atoms. The molecule has 0 bridgehead atoms. The summed E-state index contributed by atoms with van der Waals surface area (Å²) < 4.78 is 4.75. The third-order valence-electron chi connectivity index (χ3n) is 3.02. The minimum Gasteiger partial charge on any atom is -0.465 e. The molecule has 0 radical (unpaired) electrons. The zero-order valence-electron chi connectivity index (χ0n) is 10.1. The summed E-state index contributed by atoms with van der Waals surface area (Å²) >= 11 is 0. The average Bonchev–Trinajstić information content (AvgIpc) is 2.26. The molecule has 0 aromatic carbocycles. The van der Waals surface area contributed by atoms with E-state index >= 15 is 0 Å². The first-order valence-electron chi connectivity index (χ1n) is 6.06. The van der Waals surface area contributed by atoms with Crippen molar-refractivity contribution < 1.29 is 14.3 Å². The smallest absolute Gasteiger partial charge is 0.325 e. The molecule has 1 amide bonds. The lowest BCUT2D eigenvalue weighted by Crippen LogP contribution is -2.37. The molecule has 0 saturated heterocycles. The van der Waals surface area contributed by atoms with E-state index in [-0.39, 0.29) is 24.3 Å². The molecule has 1 fully saturated rings. The van der Waals surface area contributed by atoms with E-state index in [2.05, 4.69) is 12.2 Å². The van der Waals surface area contributed by atoms with Crippen LogP contribution in [0.4, 0.5) is 0 Å². The molecule has 1 unspecified atom stereocenters. The van der Waals surface area contributed by atoms with Crippen LogP contribution in [0.2, 0.25) is 0 Å². The van der Waals surface area contributed by atoms with Crippen molar-refractivity contribution >= 4 is 11.9 Å². The Hall–Kier alpha value is -1.06. The van der Waals surface area contributed by atoms with E-state index in [9.17, 15) is 9.59 Å². The summed E-state index contributed by atoms with van der Waals surface area (Å²) in [6.45, 7) is 4.28. The maximum Gasteiger partial charge on any atom is 0.325 e. The lowest BCUT2D eigenvalue weighted by molar-refractivity contribution is -0.144. The van der Waals surface area contributed by atoms with E-state index in [4.69, 9.17) is 4.74 Å². The second-order valence-electron chi connectivity index (χ2n) is 4.49. The molecule has 1 aliphatic rings. The number of carbonyl (C=O) groups is 2. The van der Waals surface area contributed by atoms with Gasteiger partial charge in [-0.1, -0.05) is 19.8 Å². The van der Waals surface area contributed by atoms with Gasteiger partial charge in [0, 0.05) is 5.92 Å². The Balaban J connectivity index is 2.26. The van der Waals surface area contributed by atoms with Gasteiger partial charge in [-0.3, -0.25) is 9.59 Å². The lowest BCUT2D eigenvalue weighted by Gasteiger charge is -2.25. The summed E-state index contributed by atoms with van der Waals surface area (Å²) in [6.07, 6.45) is 4.20. The Morgan fingerprint density at radius 2 is 2.12 bits per heavy atom. The Morgan fingerprint density at radius 1 is 1.38 bits per heavy atom.